The van der Waals surface area contributed by atoms with E-state index in [1.54, 1.807) is 23.4 Å². The maximum atomic E-state index is 5.76. The summed E-state index contributed by atoms with van der Waals surface area (Å²) in [6.45, 7) is 0. The number of fused-ring (bicyclic) bond motifs is 2. The second-order valence-electron chi connectivity index (χ2n) is 4.28. The van der Waals surface area contributed by atoms with E-state index in [1.807, 2.05) is 30.7 Å². The summed E-state index contributed by atoms with van der Waals surface area (Å²) in [6.07, 6.45) is 3.82. The van der Waals surface area contributed by atoms with Crippen molar-refractivity contribution in [2.45, 2.75) is 4.34 Å². The number of oxazole rings is 1. The number of rotatable bonds is 3. The van der Waals surface area contributed by atoms with E-state index in [4.69, 9.17) is 9.15 Å². The Kier molecular flexibility index (Phi) is 2.86. The highest BCUT2D eigenvalue weighted by Gasteiger charge is 2.14. The molecule has 0 N–H and O–H groups in total. The number of ether oxygens (including phenoxy) is 1. The van der Waals surface area contributed by atoms with Crippen molar-refractivity contribution in [3.05, 3.63) is 24.4 Å². The number of aromatic nitrogens is 4. The first-order chi connectivity index (χ1) is 10.3. The van der Waals surface area contributed by atoms with Gasteiger partial charge in [-0.3, -0.25) is 0 Å². The molecule has 0 amide bonds. The average Bonchev–Trinajstić information content (AvgIpc) is 3.17. The Balaban J connectivity index is 1.81. The zero-order valence-corrected chi connectivity index (χ0v) is 12.9. The van der Waals surface area contributed by atoms with Gasteiger partial charge in [-0.15, -0.1) is 5.10 Å². The summed E-state index contributed by atoms with van der Waals surface area (Å²) in [5, 5.41) is 4.40. The quantitative estimate of drug-likeness (QED) is 0.540. The van der Waals surface area contributed by atoms with Crippen LogP contribution in [0.5, 0.6) is 5.75 Å². The average molecular weight is 318 g/mol. The normalized spacial score (nSPS) is 11.5. The molecule has 0 atom stereocenters. The molecule has 0 aliphatic heterocycles. The van der Waals surface area contributed by atoms with E-state index in [2.05, 4.69) is 15.1 Å². The van der Waals surface area contributed by atoms with Crippen molar-refractivity contribution in [2.75, 3.05) is 13.4 Å². The Hall–Kier alpha value is -2.06. The SMILES string of the molecule is COc1ccc2nc(-c3cn4nc(SC)sc4n3)oc2c1. The second kappa shape index (κ2) is 4.74. The van der Waals surface area contributed by atoms with E-state index < -0.39 is 0 Å². The van der Waals surface area contributed by atoms with Crippen LogP contribution >= 0.6 is 23.1 Å². The summed E-state index contributed by atoms with van der Waals surface area (Å²) >= 11 is 3.14. The molecule has 6 nitrogen and oxygen atoms in total. The number of imidazole rings is 1. The topological polar surface area (TPSA) is 65.5 Å². The highest BCUT2D eigenvalue weighted by molar-refractivity contribution is 8.00. The van der Waals surface area contributed by atoms with Gasteiger partial charge in [-0.1, -0.05) is 23.1 Å². The van der Waals surface area contributed by atoms with Gasteiger partial charge in [0.1, 0.15) is 17.0 Å². The Labute approximate surface area is 127 Å². The highest BCUT2D eigenvalue weighted by Crippen LogP contribution is 2.29. The maximum Gasteiger partial charge on any atom is 0.247 e. The molecule has 4 rings (SSSR count). The van der Waals surface area contributed by atoms with Crippen LogP contribution in [0.3, 0.4) is 0 Å². The van der Waals surface area contributed by atoms with E-state index in [0.717, 1.165) is 20.6 Å². The van der Waals surface area contributed by atoms with Crippen molar-refractivity contribution in [2.24, 2.45) is 0 Å². The lowest BCUT2D eigenvalue weighted by Crippen LogP contribution is -1.80. The Morgan fingerprint density at radius 3 is 3.00 bits per heavy atom. The highest BCUT2D eigenvalue weighted by atomic mass is 32.2. The van der Waals surface area contributed by atoms with Gasteiger partial charge in [0.05, 0.1) is 13.3 Å². The van der Waals surface area contributed by atoms with Crippen LogP contribution in [0.25, 0.3) is 27.6 Å². The van der Waals surface area contributed by atoms with Gasteiger partial charge in [0.2, 0.25) is 10.9 Å². The van der Waals surface area contributed by atoms with Crippen molar-refractivity contribution >= 4 is 39.2 Å². The molecule has 106 valence electrons. The van der Waals surface area contributed by atoms with Crippen LogP contribution in [-0.4, -0.2) is 32.9 Å². The van der Waals surface area contributed by atoms with E-state index >= 15 is 0 Å². The number of nitrogens with zero attached hydrogens (tertiary/aromatic N) is 4. The molecule has 0 fully saturated rings. The Bertz CT molecular complexity index is 909. The molecule has 0 saturated heterocycles. The van der Waals surface area contributed by atoms with Gasteiger partial charge in [0.25, 0.3) is 0 Å². The van der Waals surface area contributed by atoms with Crippen LogP contribution in [0, 0.1) is 0 Å². The summed E-state index contributed by atoms with van der Waals surface area (Å²) in [5.41, 5.74) is 2.13. The van der Waals surface area contributed by atoms with Crippen LogP contribution in [0.1, 0.15) is 0 Å². The summed E-state index contributed by atoms with van der Waals surface area (Å²) in [4.78, 5) is 9.78. The van der Waals surface area contributed by atoms with Gasteiger partial charge in [0.15, 0.2) is 9.92 Å². The summed E-state index contributed by atoms with van der Waals surface area (Å²) in [5.74, 6) is 1.23. The van der Waals surface area contributed by atoms with Gasteiger partial charge >= 0.3 is 0 Å². The molecule has 0 saturated carbocycles. The number of benzene rings is 1. The molecule has 0 radical (unpaired) electrons. The monoisotopic (exact) mass is 318 g/mol. The molecule has 8 heteroatoms. The van der Waals surface area contributed by atoms with Crippen molar-refractivity contribution in [1.82, 2.24) is 19.6 Å². The van der Waals surface area contributed by atoms with Crippen molar-refractivity contribution in [3.8, 4) is 17.3 Å². The molecule has 0 aliphatic carbocycles. The second-order valence-corrected chi connectivity index (χ2v) is 6.29. The predicted octanol–water partition coefficient (Wildman–Crippen LogP) is 3.33. The lowest BCUT2D eigenvalue weighted by Gasteiger charge is -1.95. The van der Waals surface area contributed by atoms with Crippen molar-refractivity contribution in [3.63, 3.8) is 0 Å². The minimum absolute atomic E-state index is 0.488. The smallest absolute Gasteiger partial charge is 0.247 e. The maximum absolute atomic E-state index is 5.76. The van der Waals surface area contributed by atoms with Crippen LogP contribution in [0.4, 0.5) is 0 Å². The van der Waals surface area contributed by atoms with Crippen molar-refractivity contribution in [1.29, 1.82) is 0 Å². The van der Waals surface area contributed by atoms with Crippen LogP contribution in [-0.2, 0) is 0 Å². The molecule has 3 heterocycles. The standard InChI is InChI=1S/C13H10N4O2S2/c1-18-7-3-4-8-10(5-7)19-11(14-8)9-6-17-12(15-9)21-13(16-17)20-2/h3-6H,1-2H3. The van der Waals surface area contributed by atoms with Crippen LogP contribution in [0.2, 0.25) is 0 Å². The van der Waals surface area contributed by atoms with Gasteiger partial charge in [0, 0.05) is 6.07 Å². The third-order valence-corrected chi connectivity index (χ3v) is 4.91. The fourth-order valence-corrected chi connectivity index (χ4v) is 3.35. The summed E-state index contributed by atoms with van der Waals surface area (Å²) in [6, 6.07) is 5.53. The number of thioether (sulfide) groups is 1. The fraction of sp³-hybridized carbons (Fsp3) is 0.154. The summed E-state index contributed by atoms with van der Waals surface area (Å²) in [7, 11) is 1.62. The minimum atomic E-state index is 0.488. The van der Waals surface area contributed by atoms with E-state index in [9.17, 15) is 0 Å². The number of hydrogen-bond acceptors (Lipinski definition) is 7. The zero-order chi connectivity index (χ0) is 14.4. The molecule has 0 unspecified atom stereocenters. The van der Waals surface area contributed by atoms with Gasteiger partial charge in [-0.05, 0) is 18.4 Å². The van der Waals surface area contributed by atoms with E-state index in [-0.39, 0.29) is 0 Å². The first-order valence-electron chi connectivity index (χ1n) is 6.12. The fourth-order valence-electron chi connectivity index (χ4n) is 2.01. The predicted molar refractivity (Wildman–Crippen MR) is 82.2 cm³/mol. The molecule has 21 heavy (non-hydrogen) atoms. The van der Waals surface area contributed by atoms with E-state index in [1.165, 1.54) is 11.3 Å². The number of hydrogen-bond donors (Lipinski definition) is 0. The molecule has 0 bridgehead atoms. The minimum Gasteiger partial charge on any atom is -0.497 e. The zero-order valence-electron chi connectivity index (χ0n) is 11.2. The molecule has 4 aromatic rings. The molecule has 0 aliphatic rings. The number of methoxy groups -OCH3 is 1. The largest absolute Gasteiger partial charge is 0.497 e. The molecule has 1 aromatic carbocycles. The first-order valence-corrected chi connectivity index (χ1v) is 8.16. The summed E-state index contributed by atoms with van der Waals surface area (Å²) < 4.78 is 13.7. The Morgan fingerprint density at radius 2 is 2.24 bits per heavy atom. The molecular weight excluding hydrogens is 308 g/mol. The third kappa shape index (κ3) is 2.07. The molecular formula is C13H10N4O2S2. The lowest BCUT2D eigenvalue weighted by molar-refractivity contribution is 0.414. The van der Waals surface area contributed by atoms with Gasteiger partial charge in [-0.2, -0.15) is 0 Å². The Morgan fingerprint density at radius 1 is 1.33 bits per heavy atom. The molecule has 0 spiro atoms. The third-order valence-electron chi connectivity index (χ3n) is 3.01. The van der Waals surface area contributed by atoms with Gasteiger partial charge < -0.3 is 9.15 Å². The van der Waals surface area contributed by atoms with Gasteiger partial charge in [-0.25, -0.2) is 14.5 Å². The van der Waals surface area contributed by atoms with E-state index in [0.29, 0.717) is 17.2 Å². The van der Waals surface area contributed by atoms with Crippen molar-refractivity contribution < 1.29 is 9.15 Å². The first kappa shape index (κ1) is 12.7. The molecule has 3 aromatic heterocycles. The van der Waals surface area contributed by atoms with Crippen LogP contribution in [0.15, 0.2) is 33.2 Å². The lowest BCUT2D eigenvalue weighted by atomic mass is 10.3. The van der Waals surface area contributed by atoms with Crippen LogP contribution < -0.4 is 4.74 Å².